The molecule has 0 saturated carbocycles. The van der Waals surface area contributed by atoms with Crippen molar-refractivity contribution >= 4 is 49.6 Å². The average molecular weight is 441 g/mol. The molecule has 3 heterocycles. The molecule has 28 heavy (non-hydrogen) atoms. The van der Waals surface area contributed by atoms with Crippen molar-refractivity contribution in [2.24, 2.45) is 5.73 Å². The van der Waals surface area contributed by atoms with E-state index in [4.69, 9.17) is 12.2 Å². The van der Waals surface area contributed by atoms with E-state index in [1.165, 1.54) is 0 Å². The van der Waals surface area contributed by atoms with Crippen molar-refractivity contribution < 1.29 is 4.79 Å². The third kappa shape index (κ3) is 3.55. The summed E-state index contributed by atoms with van der Waals surface area (Å²) in [7, 11) is 0. The molecule has 3 N–H and O–H groups in total. The number of carbonyl (C=O) groups excluding carboxylic acids is 1. The molecule has 2 aromatic heterocycles. The van der Waals surface area contributed by atoms with Gasteiger partial charge in [0, 0.05) is 34.5 Å². The first kappa shape index (κ1) is 18.7. The van der Waals surface area contributed by atoms with Gasteiger partial charge in [-0.05, 0) is 25.0 Å². The molecule has 0 spiro atoms. The van der Waals surface area contributed by atoms with Crippen LogP contribution in [-0.4, -0.2) is 58.0 Å². The highest BCUT2D eigenvalue weighted by molar-refractivity contribution is 9.10. The van der Waals surface area contributed by atoms with E-state index in [2.05, 4.69) is 53.8 Å². The third-order valence-electron chi connectivity index (χ3n) is 5.27. The molecule has 8 heteroatoms. The van der Waals surface area contributed by atoms with Gasteiger partial charge in [-0.15, -0.1) is 6.42 Å². The van der Waals surface area contributed by atoms with Gasteiger partial charge in [0.1, 0.15) is 17.8 Å². The fourth-order valence-corrected chi connectivity index (χ4v) is 4.36. The Morgan fingerprint density at radius 1 is 1.39 bits per heavy atom. The summed E-state index contributed by atoms with van der Waals surface area (Å²) in [5.41, 5.74) is 7.25. The van der Waals surface area contributed by atoms with Gasteiger partial charge >= 0.3 is 0 Å². The lowest BCUT2D eigenvalue weighted by atomic mass is 10.0. The summed E-state index contributed by atoms with van der Waals surface area (Å²) < 4.78 is 1.02. The van der Waals surface area contributed by atoms with Crippen LogP contribution in [0.3, 0.4) is 0 Å². The van der Waals surface area contributed by atoms with Crippen LogP contribution in [0.4, 0.5) is 5.82 Å². The second-order valence-electron chi connectivity index (χ2n) is 7.03. The molecule has 144 valence electrons. The summed E-state index contributed by atoms with van der Waals surface area (Å²) in [6, 6.07) is 6.41. The van der Waals surface area contributed by atoms with E-state index >= 15 is 0 Å². The van der Waals surface area contributed by atoms with Crippen molar-refractivity contribution in [1.82, 2.24) is 19.9 Å². The highest BCUT2D eigenvalue weighted by atomic mass is 79.9. The Kier molecular flexibility index (Phi) is 5.20. The third-order valence-corrected chi connectivity index (χ3v) is 5.76. The zero-order chi connectivity index (χ0) is 19.7. The Bertz CT molecular complexity index is 1060. The summed E-state index contributed by atoms with van der Waals surface area (Å²) >= 11 is 3.52. The number of anilines is 1. The van der Waals surface area contributed by atoms with Gasteiger partial charge in [0.2, 0.25) is 5.91 Å². The molecule has 1 aliphatic heterocycles. The smallest absolute Gasteiger partial charge is 0.231 e. The van der Waals surface area contributed by atoms with Crippen LogP contribution < -0.4 is 10.6 Å². The van der Waals surface area contributed by atoms with Crippen LogP contribution >= 0.6 is 15.9 Å². The zero-order valence-corrected chi connectivity index (χ0v) is 16.9. The molecule has 1 aromatic carbocycles. The molecular weight excluding hydrogens is 420 g/mol. The van der Waals surface area contributed by atoms with E-state index in [0.717, 1.165) is 58.2 Å². The van der Waals surface area contributed by atoms with Gasteiger partial charge in [-0.25, -0.2) is 9.97 Å². The molecule has 0 radical (unpaired) electrons. The molecule has 0 aliphatic carbocycles. The Labute approximate surface area is 171 Å². The molecule has 0 bridgehead atoms. The van der Waals surface area contributed by atoms with Crippen LogP contribution in [0, 0.1) is 12.3 Å². The number of piperidine rings is 1. The van der Waals surface area contributed by atoms with Crippen molar-refractivity contribution in [2.75, 3.05) is 31.1 Å². The number of carbonyl (C=O) groups is 1. The maximum absolute atomic E-state index is 11.4. The van der Waals surface area contributed by atoms with Crippen LogP contribution in [-0.2, 0) is 4.79 Å². The lowest BCUT2D eigenvalue weighted by molar-refractivity contribution is -0.119. The molecule has 0 unspecified atom stereocenters. The number of aromatic nitrogens is 3. The monoisotopic (exact) mass is 440 g/mol. The number of primary amides is 1. The minimum Gasteiger partial charge on any atom is -0.369 e. The standard InChI is InChI=1S/C20H21BrN6O/c1-2-7-27(11-17(22)28)14-5-8-26(9-6-14)20-18-15-4-3-13(21)10-16(15)25-19(18)23-12-24-20/h1,3-4,10,12,14H,5-9,11H2,(H2,22,28)(H,23,24,25). The number of amides is 1. The fraction of sp³-hybridized carbons (Fsp3) is 0.350. The summed E-state index contributed by atoms with van der Waals surface area (Å²) in [4.78, 5) is 28.0. The van der Waals surface area contributed by atoms with Crippen LogP contribution in [0.25, 0.3) is 21.9 Å². The average Bonchev–Trinajstić information content (AvgIpc) is 3.05. The Morgan fingerprint density at radius 3 is 2.89 bits per heavy atom. The fourth-order valence-electron chi connectivity index (χ4n) is 4.00. The Hall–Kier alpha value is -2.63. The highest BCUT2D eigenvalue weighted by Crippen LogP contribution is 2.33. The normalized spacial score (nSPS) is 15.4. The maximum atomic E-state index is 11.4. The number of fused-ring (bicyclic) bond motifs is 3. The first-order valence-electron chi connectivity index (χ1n) is 9.19. The first-order chi connectivity index (χ1) is 13.6. The quantitative estimate of drug-likeness (QED) is 0.593. The summed E-state index contributed by atoms with van der Waals surface area (Å²) in [6.07, 6.45) is 8.86. The van der Waals surface area contributed by atoms with Crippen molar-refractivity contribution in [3.8, 4) is 12.3 Å². The lowest BCUT2D eigenvalue weighted by Gasteiger charge is -2.38. The van der Waals surface area contributed by atoms with Gasteiger partial charge in [0.25, 0.3) is 0 Å². The number of terminal acetylenes is 1. The van der Waals surface area contributed by atoms with Gasteiger partial charge in [0.15, 0.2) is 0 Å². The minimum absolute atomic E-state index is 0.198. The van der Waals surface area contributed by atoms with Crippen LogP contribution in [0.15, 0.2) is 29.0 Å². The molecule has 3 aromatic rings. The second-order valence-corrected chi connectivity index (χ2v) is 7.95. The summed E-state index contributed by atoms with van der Waals surface area (Å²) in [5.74, 6) is 3.23. The molecule has 1 fully saturated rings. The number of aromatic amines is 1. The van der Waals surface area contributed by atoms with Gasteiger partial charge in [0.05, 0.1) is 18.5 Å². The first-order valence-corrected chi connectivity index (χ1v) is 9.99. The molecule has 1 aliphatic rings. The molecule has 0 atom stereocenters. The predicted octanol–water partition coefficient (Wildman–Crippen LogP) is 2.26. The molecule has 7 nitrogen and oxygen atoms in total. The second kappa shape index (κ2) is 7.78. The number of H-pyrrole nitrogens is 1. The minimum atomic E-state index is -0.347. The number of nitrogens with two attached hydrogens (primary N) is 1. The van der Waals surface area contributed by atoms with Gasteiger partial charge in [-0.2, -0.15) is 0 Å². The summed E-state index contributed by atoms with van der Waals surface area (Å²) in [6.45, 7) is 2.30. The largest absolute Gasteiger partial charge is 0.369 e. The maximum Gasteiger partial charge on any atom is 0.231 e. The number of hydrogen-bond acceptors (Lipinski definition) is 5. The highest BCUT2D eigenvalue weighted by Gasteiger charge is 2.27. The van der Waals surface area contributed by atoms with E-state index in [1.54, 1.807) is 6.33 Å². The van der Waals surface area contributed by atoms with E-state index in [1.807, 2.05) is 11.0 Å². The molecular formula is C20H21BrN6O. The molecule has 1 amide bonds. The number of rotatable bonds is 5. The van der Waals surface area contributed by atoms with E-state index in [0.29, 0.717) is 6.54 Å². The van der Waals surface area contributed by atoms with Crippen molar-refractivity contribution in [3.63, 3.8) is 0 Å². The predicted molar refractivity (Wildman–Crippen MR) is 114 cm³/mol. The van der Waals surface area contributed by atoms with E-state index in [9.17, 15) is 4.79 Å². The Balaban J connectivity index is 1.60. The van der Waals surface area contributed by atoms with Crippen LogP contribution in [0.1, 0.15) is 12.8 Å². The van der Waals surface area contributed by atoms with Crippen LogP contribution in [0.5, 0.6) is 0 Å². The van der Waals surface area contributed by atoms with Crippen molar-refractivity contribution in [1.29, 1.82) is 0 Å². The lowest BCUT2D eigenvalue weighted by Crippen LogP contribution is -2.48. The number of hydrogen-bond donors (Lipinski definition) is 2. The van der Waals surface area contributed by atoms with Crippen molar-refractivity contribution in [3.05, 3.63) is 29.0 Å². The SMILES string of the molecule is C#CCN(CC(N)=O)C1CCN(c2ncnc3[nH]c4cc(Br)ccc4c23)CC1. The van der Waals surface area contributed by atoms with E-state index in [-0.39, 0.29) is 18.5 Å². The number of benzene rings is 1. The number of nitrogens with one attached hydrogen (secondary N) is 1. The van der Waals surface area contributed by atoms with Crippen molar-refractivity contribution in [2.45, 2.75) is 18.9 Å². The zero-order valence-electron chi connectivity index (χ0n) is 15.4. The van der Waals surface area contributed by atoms with Crippen LogP contribution in [0.2, 0.25) is 0 Å². The molecule has 4 rings (SSSR count). The van der Waals surface area contributed by atoms with E-state index < -0.39 is 0 Å². The van der Waals surface area contributed by atoms with Gasteiger partial charge < -0.3 is 15.6 Å². The van der Waals surface area contributed by atoms with Gasteiger partial charge in [-0.1, -0.05) is 27.9 Å². The molecule has 1 saturated heterocycles. The Morgan fingerprint density at radius 2 is 2.18 bits per heavy atom. The van der Waals surface area contributed by atoms with Gasteiger partial charge in [-0.3, -0.25) is 9.69 Å². The summed E-state index contributed by atoms with van der Waals surface area (Å²) in [5, 5.41) is 2.15. The topological polar surface area (TPSA) is 91.1 Å². The number of nitrogens with zero attached hydrogens (tertiary/aromatic N) is 4. The number of halogens is 1.